The number of amides is 1. The zero-order valence-electron chi connectivity index (χ0n) is 12.9. The van der Waals surface area contributed by atoms with Crippen molar-refractivity contribution >= 4 is 11.6 Å². The van der Waals surface area contributed by atoms with E-state index in [1.54, 1.807) is 13.2 Å². The Bertz CT molecular complexity index is 899. The molecule has 1 aromatic carbocycles. The van der Waals surface area contributed by atoms with Gasteiger partial charge in [0.25, 0.3) is 5.91 Å². The first-order valence-electron chi connectivity index (χ1n) is 7.07. The fourth-order valence-corrected chi connectivity index (χ4v) is 2.17. The van der Waals surface area contributed by atoms with Crippen molar-refractivity contribution in [3.8, 4) is 17.1 Å². The average Bonchev–Trinajstić information content (AvgIpc) is 3.15. The molecular weight excluding hydrogens is 339 g/mol. The maximum atomic E-state index is 12.5. The van der Waals surface area contributed by atoms with Crippen LogP contribution in [0.4, 0.5) is 18.9 Å². The van der Waals surface area contributed by atoms with Gasteiger partial charge in [0.15, 0.2) is 5.76 Å². The minimum absolute atomic E-state index is 0.0549. The highest BCUT2D eigenvalue weighted by Crippen LogP contribution is 2.34. The van der Waals surface area contributed by atoms with Crippen LogP contribution in [0.2, 0.25) is 0 Å². The molecule has 25 heavy (non-hydrogen) atoms. The Kier molecular flexibility index (Phi) is 4.22. The zero-order chi connectivity index (χ0) is 18.0. The van der Waals surface area contributed by atoms with E-state index in [9.17, 15) is 18.0 Å². The van der Waals surface area contributed by atoms with E-state index in [1.807, 2.05) is 0 Å². The van der Waals surface area contributed by atoms with Crippen LogP contribution in [-0.2, 0) is 7.05 Å². The van der Waals surface area contributed by atoms with Gasteiger partial charge in [0.05, 0.1) is 17.4 Å². The largest absolute Gasteiger partial charge is 0.573 e. The summed E-state index contributed by atoms with van der Waals surface area (Å²) >= 11 is 0. The van der Waals surface area contributed by atoms with E-state index < -0.39 is 18.0 Å². The van der Waals surface area contributed by atoms with Crippen LogP contribution in [0.3, 0.4) is 0 Å². The lowest BCUT2D eigenvalue weighted by Crippen LogP contribution is -2.17. The summed E-state index contributed by atoms with van der Waals surface area (Å²) < 4.78 is 48.3. The number of furan rings is 1. The molecule has 0 spiro atoms. The monoisotopic (exact) mass is 351 g/mol. The second kappa shape index (κ2) is 6.34. The molecule has 0 radical (unpaired) electrons. The van der Waals surface area contributed by atoms with Gasteiger partial charge in [-0.05, 0) is 24.3 Å². The minimum Gasteiger partial charge on any atom is -0.451 e. The van der Waals surface area contributed by atoms with Crippen molar-refractivity contribution in [1.82, 2.24) is 9.78 Å². The molecule has 0 unspecified atom stereocenters. The highest BCUT2D eigenvalue weighted by molar-refractivity contribution is 6.02. The number of hydrogen-bond donors (Lipinski definition) is 1. The van der Waals surface area contributed by atoms with Gasteiger partial charge in [-0.3, -0.25) is 9.48 Å². The van der Waals surface area contributed by atoms with Crippen molar-refractivity contribution in [3.05, 3.63) is 54.6 Å². The molecule has 0 aliphatic heterocycles. The quantitative estimate of drug-likeness (QED) is 0.776. The lowest BCUT2D eigenvalue weighted by Gasteiger charge is -2.11. The number of hydrogen-bond acceptors (Lipinski definition) is 4. The predicted molar refractivity (Wildman–Crippen MR) is 82.0 cm³/mol. The zero-order valence-corrected chi connectivity index (χ0v) is 12.9. The molecule has 9 heteroatoms. The molecule has 0 aliphatic rings. The lowest BCUT2D eigenvalue weighted by molar-refractivity contribution is -0.274. The molecule has 3 aromatic rings. The lowest BCUT2D eigenvalue weighted by atomic mass is 10.1. The van der Waals surface area contributed by atoms with Gasteiger partial charge in [-0.25, -0.2) is 0 Å². The summed E-state index contributed by atoms with van der Waals surface area (Å²) in [6, 6.07) is 8.28. The molecule has 6 nitrogen and oxygen atoms in total. The number of rotatable bonds is 4. The number of ether oxygens (including phenoxy) is 1. The number of carbonyl (C=O) groups excluding carboxylic acids is 1. The van der Waals surface area contributed by atoms with Crippen LogP contribution in [0, 0.1) is 0 Å². The first-order valence-corrected chi connectivity index (χ1v) is 7.07. The van der Waals surface area contributed by atoms with Gasteiger partial charge in [0, 0.05) is 13.2 Å². The molecule has 0 saturated carbocycles. The minimum atomic E-state index is -4.83. The van der Waals surface area contributed by atoms with Crippen molar-refractivity contribution in [2.24, 2.45) is 7.05 Å². The number of alkyl halides is 3. The molecule has 130 valence electrons. The normalized spacial score (nSPS) is 11.4. The van der Waals surface area contributed by atoms with Gasteiger partial charge < -0.3 is 14.5 Å². The van der Waals surface area contributed by atoms with Crippen molar-refractivity contribution in [2.75, 3.05) is 5.32 Å². The van der Waals surface area contributed by atoms with E-state index in [-0.39, 0.29) is 17.1 Å². The Labute approximate surface area is 139 Å². The number of benzene rings is 1. The fourth-order valence-electron chi connectivity index (χ4n) is 2.17. The third-order valence-corrected chi connectivity index (χ3v) is 3.17. The summed E-state index contributed by atoms with van der Waals surface area (Å²) in [5.41, 5.74) is 0.548. The maximum Gasteiger partial charge on any atom is 0.573 e. The van der Waals surface area contributed by atoms with Crippen LogP contribution in [-0.4, -0.2) is 22.1 Å². The molecule has 0 aliphatic carbocycles. The molecule has 0 fully saturated rings. The first-order chi connectivity index (χ1) is 11.8. The van der Waals surface area contributed by atoms with Gasteiger partial charge in [-0.2, -0.15) is 5.10 Å². The highest BCUT2D eigenvalue weighted by atomic mass is 19.4. The van der Waals surface area contributed by atoms with Gasteiger partial charge in [-0.1, -0.05) is 12.1 Å². The van der Waals surface area contributed by atoms with Crippen LogP contribution in [0.25, 0.3) is 11.3 Å². The Hall–Kier alpha value is -3.23. The van der Waals surface area contributed by atoms with Crippen molar-refractivity contribution in [1.29, 1.82) is 0 Å². The van der Waals surface area contributed by atoms with Crippen molar-refractivity contribution < 1.29 is 27.1 Å². The average molecular weight is 351 g/mol. The van der Waals surface area contributed by atoms with E-state index in [1.165, 1.54) is 47.3 Å². The topological polar surface area (TPSA) is 69.3 Å². The molecule has 1 N–H and O–H groups in total. The van der Waals surface area contributed by atoms with Crippen LogP contribution in [0.1, 0.15) is 10.6 Å². The number of aromatic nitrogens is 2. The van der Waals surface area contributed by atoms with Crippen LogP contribution >= 0.6 is 0 Å². The van der Waals surface area contributed by atoms with E-state index in [0.29, 0.717) is 5.69 Å². The Balaban J connectivity index is 1.83. The number of nitrogens with one attached hydrogen (secondary N) is 1. The number of nitrogens with zero attached hydrogens (tertiary/aromatic N) is 2. The number of aryl methyl sites for hydroxylation is 1. The van der Waals surface area contributed by atoms with Crippen molar-refractivity contribution in [2.45, 2.75) is 6.36 Å². The summed E-state index contributed by atoms with van der Waals surface area (Å²) in [6.07, 6.45) is -1.79. The molecule has 2 heterocycles. The van der Waals surface area contributed by atoms with Gasteiger partial charge in [0.2, 0.25) is 0 Å². The highest BCUT2D eigenvalue weighted by Gasteiger charge is 2.32. The van der Waals surface area contributed by atoms with Gasteiger partial charge >= 0.3 is 6.36 Å². The van der Waals surface area contributed by atoms with E-state index in [4.69, 9.17) is 4.42 Å². The van der Waals surface area contributed by atoms with E-state index in [2.05, 4.69) is 15.2 Å². The standard InChI is InChI=1S/C16H12F3N3O3/c1-22-9-10(8-20-22)21-15(23)14-7-6-12(24-14)11-4-2-3-5-13(11)25-16(17,18)19/h2-9H,1H3,(H,21,23). The molecule has 0 atom stereocenters. The van der Waals surface area contributed by atoms with Crippen LogP contribution in [0.5, 0.6) is 5.75 Å². The maximum absolute atomic E-state index is 12.5. The van der Waals surface area contributed by atoms with Crippen LogP contribution < -0.4 is 10.1 Å². The third-order valence-electron chi connectivity index (χ3n) is 3.17. The predicted octanol–water partition coefficient (Wildman–Crippen LogP) is 3.83. The third kappa shape index (κ3) is 4.00. The number of carbonyl (C=O) groups is 1. The second-order valence-corrected chi connectivity index (χ2v) is 5.06. The summed E-state index contributed by atoms with van der Waals surface area (Å²) in [5.74, 6) is -0.936. The number of halogens is 3. The summed E-state index contributed by atoms with van der Waals surface area (Å²) in [6.45, 7) is 0. The summed E-state index contributed by atoms with van der Waals surface area (Å²) in [7, 11) is 1.69. The molecule has 2 aromatic heterocycles. The molecule has 1 amide bonds. The first kappa shape index (κ1) is 16.6. The van der Waals surface area contributed by atoms with E-state index in [0.717, 1.165) is 0 Å². The van der Waals surface area contributed by atoms with Crippen LogP contribution in [0.15, 0.2) is 53.2 Å². The molecule has 3 rings (SSSR count). The second-order valence-electron chi connectivity index (χ2n) is 5.06. The summed E-state index contributed by atoms with van der Waals surface area (Å²) in [5, 5.41) is 6.48. The van der Waals surface area contributed by atoms with E-state index >= 15 is 0 Å². The molecule has 0 bridgehead atoms. The fraction of sp³-hybridized carbons (Fsp3) is 0.125. The molecule has 0 saturated heterocycles. The number of para-hydroxylation sites is 1. The Morgan fingerprint density at radius 3 is 2.68 bits per heavy atom. The Morgan fingerprint density at radius 1 is 1.24 bits per heavy atom. The summed E-state index contributed by atoms with van der Waals surface area (Å²) in [4.78, 5) is 12.1. The Morgan fingerprint density at radius 2 is 2.00 bits per heavy atom. The van der Waals surface area contributed by atoms with Crippen molar-refractivity contribution in [3.63, 3.8) is 0 Å². The van der Waals surface area contributed by atoms with Gasteiger partial charge in [-0.15, -0.1) is 13.2 Å². The SMILES string of the molecule is Cn1cc(NC(=O)c2ccc(-c3ccccc3OC(F)(F)F)o2)cn1. The molecular formula is C16H12F3N3O3. The smallest absolute Gasteiger partial charge is 0.451 e. The number of anilines is 1. The van der Waals surface area contributed by atoms with Gasteiger partial charge in [0.1, 0.15) is 11.5 Å².